The summed E-state index contributed by atoms with van der Waals surface area (Å²) in [5, 5.41) is 4.58. The minimum Gasteiger partial charge on any atom is -0.369 e. The fraction of sp³-hybridized carbons (Fsp3) is 0.562. The third-order valence-corrected chi connectivity index (χ3v) is 4.98. The molecule has 0 aromatic heterocycles. The molecule has 0 saturated heterocycles. The molecule has 4 heteroatoms. The maximum Gasteiger partial charge on any atom is 0.220 e. The van der Waals surface area contributed by atoms with Crippen LogP contribution in [0.5, 0.6) is 0 Å². The molecule has 3 nitrogen and oxygen atoms in total. The van der Waals surface area contributed by atoms with E-state index in [2.05, 4.69) is 17.4 Å². The summed E-state index contributed by atoms with van der Waals surface area (Å²) in [5.41, 5.74) is 8.15. The van der Waals surface area contributed by atoms with Crippen LogP contribution in [-0.4, -0.2) is 11.9 Å². The van der Waals surface area contributed by atoms with Crippen molar-refractivity contribution in [2.75, 3.05) is 0 Å². The fourth-order valence-corrected chi connectivity index (χ4v) is 3.78. The molecule has 1 unspecified atom stereocenters. The first-order valence-electron chi connectivity index (χ1n) is 7.47. The standard InChI is InChI=1S/C16H21ClN2O/c17-12-4-7-14-11(9-12)3-8-15(14)19-13-5-1-10(2-6-13)16(18)20/h4,7,9-10,13,15,19H,1-3,5-6,8H2,(H2,18,20). The van der Waals surface area contributed by atoms with Crippen LogP contribution in [0.15, 0.2) is 18.2 Å². The van der Waals surface area contributed by atoms with Crippen LogP contribution in [0.3, 0.4) is 0 Å². The van der Waals surface area contributed by atoms with Crippen LogP contribution in [0, 0.1) is 5.92 Å². The number of fused-ring (bicyclic) bond motifs is 1. The summed E-state index contributed by atoms with van der Waals surface area (Å²) < 4.78 is 0. The van der Waals surface area contributed by atoms with E-state index in [0.29, 0.717) is 12.1 Å². The molecule has 0 spiro atoms. The van der Waals surface area contributed by atoms with E-state index in [1.165, 1.54) is 11.1 Å². The van der Waals surface area contributed by atoms with Gasteiger partial charge in [-0.15, -0.1) is 0 Å². The van der Waals surface area contributed by atoms with E-state index in [4.69, 9.17) is 17.3 Å². The molecule has 3 rings (SSSR count). The van der Waals surface area contributed by atoms with Gasteiger partial charge in [-0.2, -0.15) is 0 Å². The molecular weight excluding hydrogens is 272 g/mol. The van der Waals surface area contributed by atoms with Gasteiger partial charge in [-0.1, -0.05) is 17.7 Å². The molecule has 20 heavy (non-hydrogen) atoms. The number of halogens is 1. The highest BCUT2D eigenvalue weighted by molar-refractivity contribution is 6.30. The number of aryl methyl sites for hydroxylation is 1. The smallest absolute Gasteiger partial charge is 0.220 e. The van der Waals surface area contributed by atoms with Gasteiger partial charge in [0, 0.05) is 23.0 Å². The van der Waals surface area contributed by atoms with E-state index in [1.807, 2.05) is 6.07 Å². The summed E-state index contributed by atoms with van der Waals surface area (Å²) in [7, 11) is 0. The number of carbonyl (C=O) groups is 1. The maximum atomic E-state index is 11.2. The molecule has 1 atom stereocenters. The molecule has 2 aliphatic rings. The molecule has 1 fully saturated rings. The van der Waals surface area contributed by atoms with Crippen LogP contribution in [0.1, 0.15) is 49.3 Å². The first-order valence-corrected chi connectivity index (χ1v) is 7.85. The maximum absolute atomic E-state index is 11.2. The summed E-state index contributed by atoms with van der Waals surface area (Å²) in [6.07, 6.45) is 6.19. The van der Waals surface area contributed by atoms with Gasteiger partial charge in [0.1, 0.15) is 0 Å². The number of nitrogens with one attached hydrogen (secondary N) is 1. The lowest BCUT2D eigenvalue weighted by molar-refractivity contribution is -0.122. The number of amides is 1. The third-order valence-electron chi connectivity index (χ3n) is 4.75. The van der Waals surface area contributed by atoms with Crippen LogP contribution >= 0.6 is 11.6 Å². The second kappa shape index (κ2) is 5.74. The van der Waals surface area contributed by atoms with Crippen LogP contribution in [-0.2, 0) is 11.2 Å². The Kier molecular flexibility index (Phi) is 3.99. The lowest BCUT2D eigenvalue weighted by atomic mass is 9.85. The number of hydrogen-bond donors (Lipinski definition) is 2. The van der Waals surface area contributed by atoms with Gasteiger partial charge in [0.15, 0.2) is 0 Å². The van der Waals surface area contributed by atoms with Crippen molar-refractivity contribution in [2.45, 2.75) is 50.6 Å². The highest BCUT2D eigenvalue weighted by Gasteiger charge is 2.29. The predicted molar refractivity (Wildman–Crippen MR) is 80.6 cm³/mol. The van der Waals surface area contributed by atoms with Crippen LogP contribution in [0.4, 0.5) is 0 Å². The number of hydrogen-bond acceptors (Lipinski definition) is 2. The van der Waals surface area contributed by atoms with E-state index < -0.39 is 0 Å². The second-order valence-electron chi connectivity index (χ2n) is 6.05. The Balaban J connectivity index is 1.60. The molecule has 2 aliphatic carbocycles. The normalized spacial score (nSPS) is 29.1. The summed E-state index contributed by atoms with van der Waals surface area (Å²) in [5.74, 6) is -0.0491. The van der Waals surface area contributed by atoms with E-state index in [9.17, 15) is 4.79 Å². The summed E-state index contributed by atoms with van der Waals surface area (Å²) in [6.45, 7) is 0. The molecule has 1 aromatic rings. The zero-order valence-corrected chi connectivity index (χ0v) is 12.3. The molecule has 0 radical (unpaired) electrons. The SMILES string of the molecule is NC(=O)C1CCC(NC2CCc3cc(Cl)ccc32)CC1. The topological polar surface area (TPSA) is 55.1 Å². The number of rotatable bonds is 3. The fourth-order valence-electron chi connectivity index (χ4n) is 3.59. The van der Waals surface area contributed by atoms with Crippen molar-refractivity contribution in [3.05, 3.63) is 34.3 Å². The molecule has 0 aliphatic heterocycles. The first kappa shape index (κ1) is 13.9. The van der Waals surface area contributed by atoms with Crippen molar-refractivity contribution in [1.82, 2.24) is 5.32 Å². The molecule has 0 bridgehead atoms. The Morgan fingerprint density at radius 1 is 1.20 bits per heavy atom. The van der Waals surface area contributed by atoms with Gasteiger partial charge < -0.3 is 11.1 Å². The predicted octanol–water partition coefficient (Wildman–Crippen LogP) is 2.96. The minimum atomic E-state index is -0.135. The summed E-state index contributed by atoms with van der Waals surface area (Å²) in [6, 6.07) is 7.17. The Bertz CT molecular complexity index is 509. The summed E-state index contributed by atoms with van der Waals surface area (Å²) in [4.78, 5) is 11.2. The average molecular weight is 293 g/mol. The quantitative estimate of drug-likeness (QED) is 0.900. The molecule has 0 heterocycles. The number of carbonyl (C=O) groups excluding carboxylic acids is 1. The summed E-state index contributed by atoms with van der Waals surface area (Å²) >= 11 is 6.04. The second-order valence-corrected chi connectivity index (χ2v) is 6.49. The number of primary amides is 1. The Labute approximate surface area is 124 Å². The van der Waals surface area contributed by atoms with Crippen molar-refractivity contribution in [2.24, 2.45) is 11.7 Å². The zero-order valence-electron chi connectivity index (χ0n) is 11.6. The van der Waals surface area contributed by atoms with Crippen LogP contribution < -0.4 is 11.1 Å². The minimum absolute atomic E-state index is 0.0859. The molecule has 1 saturated carbocycles. The van der Waals surface area contributed by atoms with Crippen molar-refractivity contribution < 1.29 is 4.79 Å². The van der Waals surface area contributed by atoms with E-state index in [0.717, 1.165) is 43.5 Å². The van der Waals surface area contributed by atoms with Gasteiger partial charge in [-0.25, -0.2) is 0 Å². The van der Waals surface area contributed by atoms with Gasteiger partial charge in [0.05, 0.1) is 0 Å². The molecule has 1 aromatic carbocycles. The molecule has 108 valence electrons. The van der Waals surface area contributed by atoms with Crippen molar-refractivity contribution in [1.29, 1.82) is 0 Å². The molecular formula is C16H21ClN2O. The number of benzene rings is 1. The highest BCUT2D eigenvalue weighted by atomic mass is 35.5. The molecule has 3 N–H and O–H groups in total. The van der Waals surface area contributed by atoms with Gasteiger partial charge in [0.25, 0.3) is 0 Å². The number of nitrogens with two attached hydrogens (primary N) is 1. The zero-order chi connectivity index (χ0) is 14.1. The molecule has 1 amide bonds. The first-order chi connectivity index (χ1) is 9.63. The van der Waals surface area contributed by atoms with Gasteiger partial charge >= 0.3 is 0 Å². The Morgan fingerprint density at radius 2 is 1.95 bits per heavy atom. The van der Waals surface area contributed by atoms with Gasteiger partial charge in [-0.3, -0.25) is 4.79 Å². The van der Waals surface area contributed by atoms with E-state index in [1.54, 1.807) is 0 Å². The van der Waals surface area contributed by atoms with Crippen LogP contribution in [0.2, 0.25) is 5.02 Å². The lowest BCUT2D eigenvalue weighted by Crippen LogP contribution is -2.38. The van der Waals surface area contributed by atoms with Gasteiger partial charge in [0.2, 0.25) is 5.91 Å². The lowest BCUT2D eigenvalue weighted by Gasteiger charge is -2.30. The van der Waals surface area contributed by atoms with Crippen molar-refractivity contribution in [3.63, 3.8) is 0 Å². The Hall–Kier alpha value is -1.06. The average Bonchev–Trinajstić information content (AvgIpc) is 2.81. The largest absolute Gasteiger partial charge is 0.369 e. The van der Waals surface area contributed by atoms with E-state index in [-0.39, 0.29) is 11.8 Å². The van der Waals surface area contributed by atoms with E-state index >= 15 is 0 Å². The van der Waals surface area contributed by atoms with Crippen molar-refractivity contribution >= 4 is 17.5 Å². The monoisotopic (exact) mass is 292 g/mol. The van der Waals surface area contributed by atoms with Gasteiger partial charge in [-0.05, 0) is 61.8 Å². The third kappa shape index (κ3) is 2.84. The highest BCUT2D eigenvalue weighted by Crippen LogP contribution is 2.34. The van der Waals surface area contributed by atoms with Crippen LogP contribution in [0.25, 0.3) is 0 Å². The van der Waals surface area contributed by atoms with Crippen molar-refractivity contribution in [3.8, 4) is 0 Å². The Morgan fingerprint density at radius 3 is 2.65 bits per heavy atom.